The molecule has 1 unspecified atom stereocenters. The molecule has 0 radical (unpaired) electrons. The topological polar surface area (TPSA) is 65.2 Å². The Labute approximate surface area is 158 Å². The van der Waals surface area contributed by atoms with Crippen LogP contribution >= 0.6 is 0 Å². The maximum Gasteiger partial charge on any atom is 0.255 e. The smallest absolute Gasteiger partial charge is 0.255 e. The van der Waals surface area contributed by atoms with Crippen molar-refractivity contribution in [2.24, 2.45) is 0 Å². The van der Waals surface area contributed by atoms with Gasteiger partial charge in [0.2, 0.25) is 5.91 Å². The monoisotopic (exact) mass is 361 g/mol. The van der Waals surface area contributed by atoms with Crippen LogP contribution in [0.5, 0.6) is 0 Å². The zero-order valence-electron chi connectivity index (χ0n) is 15.6. The number of carbonyl (C=O) groups excluding carboxylic acids is 2. The molecular formula is C22H23N3O2. The Balaban J connectivity index is 1.82. The van der Waals surface area contributed by atoms with Crippen molar-refractivity contribution in [3.8, 4) is 0 Å². The Kier molecular flexibility index (Phi) is 4.44. The lowest BCUT2D eigenvalue weighted by atomic mass is 9.95. The first-order valence-corrected chi connectivity index (χ1v) is 9.35. The molecule has 2 amide bonds. The summed E-state index contributed by atoms with van der Waals surface area (Å²) in [6.07, 6.45) is 0.866. The van der Waals surface area contributed by atoms with E-state index >= 15 is 0 Å². The standard InChI is InChI=1S/C22H23N3O2/c1-3-12-23-19(26)13-25-21(15-8-4-5-9-16(15)22(25)27)20-14(2)24-18-11-7-6-10-17(18)20/h4-11,21,24H,3,12-13H2,1-2H3,(H,23,26). The molecule has 4 rings (SSSR count). The number of amides is 2. The average Bonchev–Trinajstić information content (AvgIpc) is 3.14. The predicted molar refractivity (Wildman–Crippen MR) is 106 cm³/mol. The van der Waals surface area contributed by atoms with Gasteiger partial charge in [-0.2, -0.15) is 0 Å². The second-order valence-corrected chi connectivity index (χ2v) is 6.98. The molecule has 27 heavy (non-hydrogen) atoms. The maximum absolute atomic E-state index is 13.1. The highest BCUT2D eigenvalue weighted by Gasteiger charge is 2.40. The number of benzene rings is 2. The number of nitrogens with one attached hydrogen (secondary N) is 2. The van der Waals surface area contributed by atoms with Gasteiger partial charge in [-0.05, 0) is 31.0 Å². The highest BCUT2D eigenvalue weighted by molar-refractivity contribution is 6.02. The van der Waals surface area contributed by atoms with Crippen LogP contribution in [0.25, 0.3) is 10.9 Å². The van der Waals surface area contributed by atoms with Crippen molar-refractivity contribution in [3.63, 3.8) is 0 Å². The van der Waals surface area contributed by atoms with Gasteiger partial charge in [-0.15, -0.1) is 0 Å². The predicted octanol–water partition coefficient (Wildman–Crippen LogP) is 3.55. The highest BCUT2D eigenvalue weighted by Crippen LogP contribution is 2.42. The molecule has 3 aromatic rings. The van der Waals surface area contributed by atoms with Gasteiger partial charge in [0.05, 0.1) is 6.04 Å². The van der Waals surface area contributed by atoms with Crippen LogP contribution in [-0.2, 0) is 4.79 Å². The van der Waals surface area contributed by atoms with Gasteiger partial charge in [0, 0.05) is 34.3 Å². The van der Waals surface area contributed by atoms with Crippen molar-refractivity contribution in [2.45, 2.75) is 26.3 Å². The Hall–Kier alpha value is -3.08. The fraction of sp³-hybridized carbons (Fsp3) is 0.273. The molecule has 1 aliphatic heterocycles. The van der Waals surface area contributed by atoms with Crippen LogP contribution in [0.3, 0.4) is 0 Å². The quantitative estimate of drug-likeness (QED) is 0.730. The SMILES string of the molecule is CCCNC(=O)CN1C(=O)c2ccccc2C1c1c(C)[nH]c2ccccc12. The zero-order valence-corrected chi connectivity index (χ0v) is 15.6. The zero-order chi connectivity index (χ0) is 19.0. The molecule has 1 aromatic heterocycles. The van der Waals surface area contributed by atoms with E-state index in [4.69, 9.17) is 0 Å². The van der Waals surface area contributed by atoms with Gasteiger partial charge in [-0.3, -0.25) is 9.59 Å². The summed E-state index contributed by atoms with van der Waals surface area (Å²) >= 11 is 0. The number of aromatic nitrogens is 1. The normalized spacial score (nSPS) is 16.0. The minimum Gasteiger partial charge on any atom is -0.358 e. The van der Waals surface area contributed by atoms with Gasteiger partial charge < -0.3 is 15.2 Å². The average molecular weight is 361 g/mol. The fourth-order valence-corrected chi connectivity index (χ4v) is 3.97. The number of rotatable bonds is 5. The molecule has 2 N–H and O–H groups in total. The summed E-state index contributed by atoms with van der Waals surface area (Å²) in [4.78, 5) is 30.6. The van der Waals surface area contributed by atoms with E-state index in [0.717, 1.165) is 34.1 Å². The largest absolute Gasteiger partial charge is 0.358 e. The minimum atomic E-state index is -0.266. The molecule has 1 aliphatic rings. The van der Waals surface area contributed by atoms with Crippen molar-refractivity contribution in [1.82, 2.24) is 15.2 Å². The number of aryl methyl sites for hydroxylation is 1. The molecule has 2 heterocycles. The van der Waals surface area contributed by atoms with Gasteiger partial charge >= 0.3 is 0 Å². The summed E-state index contributed by atoms with van der Waals surface area (Å²) in [7, 11) is 0. The van der Waals surface area contributed by atoms with Crippen LogP contribution in [-0.4, -0.2) is 34.8 Å². The third-order valence-corrected chi connectivity index (χ3v) is 5.16. The van der Waals surface area contributed by atoms with Crippen LogP contribution in [0.1, 0.15) is 46.6 Å². The van der Waals surface area contributed by atoms with Crippen molar-refractivity contribution in [1.29, 1.82) is 0 Å². The van der Waals surface area contributed by atoms with Crippen molar-refractivity contribution in [3.05, 3.63) is 70.9 Å². The van der Waals surface area contributed by atoms with Crippen LogP contribution in [0.15, 0.2) is 48.5 Å². The molecule has 5 nitrogen and oxygen atoms in total. The van der Waals surface area contributed by atoms with E-state index < -0.39 is 0 Å². The lowest BCUT2D eigenvalue weighted by molar-refractivity contribution is -0.122. The number of hydrogen-bond donors (Lipinski definition) is 2. The van der Waals surface area contributed by atoms with E-state index in [1.807, 2.05) is 56.3 Å². The molecule has 0 fully saturated rings. The Morgan fingerprint density at radius 2 is 1.89 bits per heavy atom. The molecule has 0 saturated carbocycles. The number of carbonyl (C=O) groups is 2. The molecule has 0 aliphatic carbocycles. The Morgan fingerprint density at radius 3 is 2.70 bits per heavy atom. The van der Waals surface area contributed by atoms with Gasteiger partial charge in [-0.1, -0.05) is 43.3 Å². The minimum absolute atomic E-state index is 0.0527. The van der Waals surface area contributed by atoms with Crippen molar-refractivity contribution in [2.75, 3.05) is 13.1 Å². The number of aromatic amines is 1. The second kappa shape index (κ2) is 6.91. The first kappa shape index (κ1) is 17.3. The molecule has 1 atom stereocenters. The molecular weight excluding hydrogens is 338 g/mol. The first-order valence-electron chi connectivity index (χ1n) is 9.35. The van der Waals surface area contributed by atoms with Crippen molar-refractivity contribution >= 4 is 22.7 Å². The van der Waals surface area contributed by atoms with E-state index in [2.05, 4.69) is 16.4 Å². The summed E-state index contributed by atoms with van der Waals surface area (Å²) < 4.78 is 0. The van der Waals surface area contributed by atoms with Crippen LogP contribution < -0.4 is 5.32 Å². The van der Waals surface area contributed by atoms with E-state index in [9.17, 15) is 9.59 Å². The summed E-state index contributed by atoms with van der Waals surface area (Å²) in [6.45, 7) is 4.70. The van der Waals surface area contributed by atoms with E-state index in [1.54, 1.807) is 4.90 Å². The molecule has 0 spiro atoms. The van der Waals surface area contributed by atoms with Gasteiger partial charge in [-0.25, -0.2) is 0 Å². The summed E-state index contributed by atoms with van der Waals surface area (Å²) in [5.41, 5.74) is 4.75. The van der Waals surface area contributed by atoms with Crippen LogP contribution in [0, 0.1) is 6.92 Å². The maximum atomic E-state index is 13.1. The number of hydrogen-bond acceptors (Lipinski definition) is 2. The lowest BCUT2D eigenvalue weighted by Crippen LogP contribution is -2.39. The van der Waals surface area contributed by atoms with Crippen molar-refractivity contribution < 1.29 is 9.59 Å². The Bertz CT molecular complexity index is 1020. The van der Waals surface area contributed by atoms with Gasteiger partial charge in [0.25, 0.3) is 5.91 Å². The third-order valence-electron chi connectivity index (χ3n) is 5.16. The van der Waals surface area contributed by atoms with E-state index in [1.165, 1.54) is 0 Å². The molecule has 2 aromatic carbocycles. The van der Waals surface area contributed by atoms with Gasteiger partial charge in [0.1, 0.15) is 6.54 Å². The number of nitrogens with zero attached hydrogens (tertiary/aromatic N) is 1. The molecule has 0 saturated heterocycles. The van der Waals surface area contributed by atoms with E-state index in [-0.39, 0.29) is 24.4 Å². The highest BCUT2D eigenvalue weighted by atomic mass is 16.2. The third kappa shape index (κ3) is 2.89. The number of H-pyrrole nitrogens is 1. The fourth-order valence-electron chi connectivity index (χ4n) is 3.97. The second-order valence-electron chi connectivity index (χ2n) is 6.98. The Morgan fingerprint density at radius 1 is 1.15 bits per heavy atom. The summed E-state index contributed by atoms with van der Waals surface area (Å²) in [5.74, 6) is -0.215. The first-order chi connectivity index (χ1) is 13.1. The number of para-hydroxylation sites is 1. The molecule has 0 bridgehead atoms. The number of fused-ring (bicyclic) bond motifs is 2. The van der Waals surface area contributed by atoms with Gasteiger partial charge in [0.15, 0.2) is 0 Å². The molecule has 138 valence electrons. The lowest BCUT2D eigenvalue weighted by Gasteiger charge is -2.25. The van der Waals surface area contributed by atoms with Crippen LogP contribution in [0.4, 0.5) is 0 Å². The summed E-state index contributed by atoms with van der Waals surface area (Å²) in [5, 5.41) is 3.97. The molecule has 5 heteroatoms. The van der Waals surface area contributed by atoms with E-state index in [0.29, 0.717) is 12.1 Å². The van der Waals surface area contributed by atoms with Crippen LogP contribution in [0.2, 0.25) is 0 Å². The summed E-state index contributed by atoms with van der Waals surface area (Å²) in [6, 6.07) is 15.5.